The van der Waals surface area contributed by atoms with E-state index < -0.39 is 45.4 Å². The van der Waals surface area contributed by atoms with Gasteiger partial charge in [-0.25, -0.2) is 22.2 Å². The molecule has 12 heteroatoms. The van der Waals surface area contributed by atoms with Gasteiger partial charge in [-0.15, -0.1) is 0 Å². The van der Waals surface area contributed by atoms with Crippen LogP contribution in [0.4, 0.5) is 27.6 Å². The van der Waals surface area contributed by atoms with Crippen LogP contribution in [-0.2, 0) is 23.2 Å². The van der Waals surface area contributed by atoms with Crippen LogP contribution >= 0.6 is 0 Å². The van der Waals surface area contributed by atoms with Crippen molar-refractivity contribution in [2.75, 3.05) is 18.4 Å². The van der Waals surface area contributed by atoms with Gasteiger partial charge in [0.05, 0.1) is 5.56 Å². The van der Waals surface area contributed by atoms with Gasteiger partial charge in [0.25, 0.3) is 10.0 Å². The average Bonchev–Trinajstić information content (AvgIpc) is 3.33. The molecule has 0 amide bonds. The summed E-state index contributed by atoms with van der Waals surface area (Å²) in [4.78, 5) is 4.09. The number of sulfonamides is 1. The number of aryl methyl sites for hydroxylation is 2. The summed E-state index contributed by atoms with van der Waals surface area (Å²) < 4.78 is 95.9. The third kappa shape index (κ3) is 4.64. The van der Waals surface area contributed by atoms with E-state index in [1.54, 1.807) is 18.5 Å². The summed E-state index contributed by atoms with van der Waals surface area (Å²) in [5, 5.41) is 2.78. The lowest BCUT2D eigenvalue weighted by Gasteiger charge is -2.22. The van der Waals surface area contributed by atoms with E-state index in [2.05, 4.69) is 10.3 Å². The fourth-order valence-electron chi connectivity index (χ4n) is 3.99. The molecule has 4 rings (SSSR count). The first kappa shape index (κ1) is 24.1. The first-order chi connectivity index (χ1) is 15.9. The highest BCUT2D eigenvalue weighted by Crippen LogP contribution is 2.36. The zero-order valence-corrected chi connectivity index (χ0v) is 19.0. The van der Waals surface area contributed by atoms with Crippen molar-refractivity contribution in [3.63, 3.8) is 0 Å². The lowest BCUT2D eigenvalue weighted by molar-refractivity contribution is -0.139. The van der Waals surface area contributed by atoms with Crippen LogP contribution in [0.25, 0.3) is 0 Å². The molecule has 6 nitrogen and oxygen atoms in total. The normalized spacial score (nSPS) is 19.5. The molecule has 3 aromatic rings. The van der Waals surface area contributed by atoms with Crippen molar-refractivity contribution in [2.45, 2.75) is 30.1 Å². The molecule has 1 fully saturated rings. The molecule has 182 valence electrons. The second-order valence-electron chi connectivity index (χ2n) is 8.16. The van der Waals surface area contributed by atoms with Gasteiger partial charge in [0.2, 0.25) is 0 Å². The molecule has 0 unspecified atom stereocenters. The van der Waals surface area contributed by atoms with Gasteiger partial charge >= 0.3 is 6.18 Å². The number of nitrogens with one attached hydrogen (secondary N) is 1. The van der Waals surface area contributed by atoms with E-state index in [0.29, 0.717) is 23.5 Å². The van der Waals surface area contributed by atoms with Gasteiger partial charge in [0.15, 0.2) is 5.03 Å². The number of alkyl halides is 3. The predicted octanol–water partition coefficient (Wildman–Crippen LogP) is 4.29. The molecule has 1 aliphatic heterocycles. The maximum absolute atomic E-state index is 13.7. The van der Waals surface area contributed by atoms with Crippen LogP contribution in [-0.4, -0.2) is 41.4 Å². The van der Waals surface area contributed by atoms with E-state index >= 15 is 0 Å². The number of nitrogens with zero attached hydrogens (tertiary/aromatic N) is 3. The molecule has 34 heavy (non-hydrogen) atoms. The van der Waals surface area contributed by atoms with Crippen LogP contribution in [0.2, 0.25) is 0 Å². The Kier molecular flexibility index (Phi) is 6.15. The van der Waals surface area contributed by atoms with E-state index in [9.17, 15) is 30.4 Å². The van der Waals surface area contributed by atoms with E-state index in [4.69, 9.17) is 0 Å². The largest absolute Gasteiger partial charge is 0.419 e. The van der Waals surface area contributed by atoms with E-state index in [-0.39, 0.29) is 23.8 Å². The Labute approximate surface area is 193 Å². The van der Waals surface area contributed by atoms with Gasteiger partial charge in [0, 0.05) is 44.0 Å². The highest BCUT2D eigenvalue weighted by molar-refractivity contribution is 7.89. The molecule has 1 aromatic heterocycles. The van der Waals surface area contributed by atoms with Gasteiger partial charge in [0.1, 0.15) is 17.5 Å². The Bertz CT molecular complexity index is 1290. The molecule has 0 bridgehead atoms. The second-order valence-corrected chi connectivity index (χ2v) is 10.0. The molecule has 2 atom stereocenters. The molecular weight excluding hydrogens is 479 g/mol. The molecule has 1 N–H and O–H groups in total. The van der Waals surface area contributed by atoms with Gasteiger partial charge in [-0.1, -0.05) is 12.1 Å². The minimum absolute atomic E-state index is 0.00538. The van der Waals surface area contributed by atoms with Crippen LogP contribution in [0.5, 0.6) is 0 Å². The molecule has 2 aromatic carbocycles. The second kappa shape index (κ2) is 8.66. The monoisotopic (exact) mass is 500 g/mol. The van der Waals surface area contributed by atoms with Crippen LogP contribution in [0.15, 0.2) is 53.7 Å². The van der Waals surface area contributed by atoms with Crippen LogP contribution in [0, 0.1) is 18.6 Å². The summed E-state index contributed by atoms with van der Waals surface area (Å²) in [5.41, 5.74) is -0.840. The minimum atomic E-state index is -4.89. The van der Waals surface area contributed by atoms with Crippen molar-refractivity contribution in [1.29, 1.82) is 0 Å². The molecule has 0 aliphatic carbocycles. The summed E-state index contributed by atoms with van der Waals surface area (Å²) in [7, 11) is -2.35. The van der Waals surface area contributed by atoms with Crippen molar-refractivity contribution in [3.05, 3.63) is 77.2 Å². The SMILES string of the molecule is Cc1nc(S(=O)(=O)N2C[C@H](Nc3ccc(F)c(C(F)(F)F)c3)[C@@H](c3ccc(F)cc3)C2)cn1C. The third-order valence-corrected chi connectivity index (χ3v) is 7.60. The number of halogens is 5. The van der Waals surface area contributed by atoms with Gasteiger partial charge < -0.3 is 9.88 Å². The number of rotatable bonds is 5. The fourth-order valence-corrected chi connectivity index (χ4v) is 5.50. The smallest absolute Gasteiger partial charge is 0.380 e. The number of imidazole rings is 1. The molecule has 1 aliphatic rings. The predicted molar refractivity (Wildman–Crippen MR) is 115 cm³/mol. The van der Waals surface area contributed by atoms with Crippen LogP contribution in [0.3, 0.4) is 0 Å². The number of hydrogen-bond donors (Lipinski definition) is 1. The summed E-state index contributed by atoms with van der Waals surface area (Å²) >= 11 is 0. The van der Waals surface area contributed by atoms with Crippen molar-refractivity contribution >= 4 is 15.7 Å². The third-order valence-electron chi connectivity index (χ3n) is 5.90. The first-order valence-electron chi connectivity index (χ1n) is 10.2. The average molecular weight is 500 g/mol. The van der Waals surface area contributed by atoms with Crippen LogP contribution < -0.4 is 5.32 Å². The number of benzene rings is 2. The minimum Gasteiger partial charge on any atom is -0.380 e. The van der Waals surface area contributed by atoms with Gasteiger partial charge in [-0.05, 0) is 42.8 Å². The number of hydrogen-bond acceptors (Lipinski definition) is 4. The zero-order chi connectivity index (χ0) is 24.8. The summed E-state index contributed by atoms with van der Waals surface area (Å²) in [6.07, 6.45) is -3.51. The Hall–Kier alpha value is -2.99. The summed E-state index contributed by atoms with van der Waals surface area (Å²) in [6, 6.07) is 7.30. The Morgan fingerprint density at radius 1 is 1.06 bits per heavy atom. The zero-order valence-electron chi connectivity index (χ0n) is 18.1. The Balaban J connectivity index is 1.68. The number of anilines is 1. The Morgan fingerprint density at radius 3 is 2.32 bits per heavy atom. The highest BCUT2D eigenvalue weighted by Gasteiger charge is 2.41. The van der Waals surface area contributed by atoms with Gasteiger partial charge in [-0.2, -0.15) is 17.5 Å². The van der Waals surface area contributed by atoms with Gasteiger partial charge in [-0.3, -0.25) is 0 Å². The van der Waals surface area contributed by atoms with Crippen molar-refractivity contribution in [3.8, 4) is 0 Å². The maximum atomic E-state index is 13.7. The molecule has 0 saturated carbocycles. The van der Waals surface area contributed by atoms with E-state index in [1.807, 2.05) is 0 Å². The standard InChI is InChI=1S/C22H21F5N4O2S/c1-13-28-21(12-30(13)2)34(32,33)31-10-17(14-3-5-15(23)6-4-14)20(11-31)29-16-7-8-19(24)18(9-16)22(25,26)27/h3-9,12,17,20,29H,10-11H2,1-2H3/t17-,20+/m1/s1. The Morgan fingerprint density at radius 2 is 1.74 bits per heavy atom. The summed E-state index contributed by atoms with van der Waals surface area (Å²) in [5.74, 6) is -1.91. The highest BCUT2D eigenvalue weighted by atomic mass is 32.2. The topological polar surface area (TPSA) is 67.2 Å². The van der Waals surface area contributed by atoms with Crippen LogP contribution in [0.1, 0.15) is 22.9 Å². The van der Waals surface area contributed by atoms with Crippen molar-refractivity contribution in [1.82, 2.24) is 13.9 Å². The fraction of sp³-hybridized carbons (Fsp3) is 0.318. The molecular formula is C22H21F5N4O2S. The van der Waals surface area contributed by atoms with Crippen molar-refractivity contribution < 1.29 is 30.4 Å². The first-order valence-corrected chi connectivity index (χ1v) is 11.7. The number of aromatic nitrogens is 2. The molecule has 0 spiro atoms. The molecule has 1 saturated heterocycles. The molecule has 0 radical (unpaired) electrons. The lowest BCUT2D eigenvalue weighted by Crippen LogP contribution is -2.32. The quantitative estimate of drug-likeness (QED) is 0.531. The van der Waals surface area contributed by atoms with Crippen molar-refractivity contribution in [2.24, 2.45) is 7.05 Å². The molecule has 2 heterocycles. The van der Waals surface area contributed by atoms with E-state index in [1.165, 1.54) is 34.8 Å². The lowest BCUT2D eigenvalue weighted by atomic mass is 9.94. The maximum Gasteiger partial charge on any atom is 0.419 e. The summed E-state index contributed by atoms with van der Waals surface area (Å²) in [6.45, 7) is 1.56. The van der Waals surface area contributed by atoms with E-state index in [0.717, 1.165) is 6.07 Å².